The second-order valence-corrected chi connectivity index (χ2v) is 5.64. The van der Waals surface area contributed by atoms with Crippen LogP contribution in [0, 0.1) is 0 Å². The molecule has 4 aromatic rings. The van der Waals surface area contributed by atoms with Crippen LogP contribution in [0.4, 0.5) is 0 Å². The Balaban J connectivity index is 1.65. The molecule has 4 rings (SSSR count). The van der Waals surface area contributed by atoms with Gasteiger partial charge in [0, 0.05) is 6.54 Å². The van der Waals surface area contributed by atoms with Crippen molar-refractivity contribution in [2.75, 3.05) is 0 Å². The molecular weight excluding hydrogens is 312 g/mol. The maximum atomic E-state index is 12.7. The summed E-state index contributed by atoms with van der Waals surface area (Å²) >= 11 is 0. The molecule has 0 radical (unpaired) electrons. The summed E-state index contributed by atoms with van der Waals surface area (Å²) in [5, 5.41) is 4.83. The van der Waals surface area contributed by atoms with Gasteiger partial charge in [-0.25, -0.2) is 9.67 Å². The van der Waals surface area contributed by atoms with E-state index in [1.165, 1.54) is 0 Å². The summed E-state index contributed by atoms with van der Waals surface area (Å²) in [6.07, 6.45) is 7.09. The van der Waals surface area contributed by atoms with Crippen LogP contribution >= 0.6 is 0 Å². The smallest absolute Gasteiger partial charge is 0.264 e. The summed E-state index contributed by atoms with van der Waals surface area (Å²) < 4.78 is 3.26. The molecule has 0 atom stereocenters. The third kappa shape index (κ3) is 2.99. The number of hydrogen-bond donors (Lipinski definition) is 0. The van der Waals surface area contributed by atoms with Gasteiger partial charge in [0.1, 0.15) is 11.7 Å². The summed E-state index contributed by atoms with van der Waals surface area (Å²) in [4.78, 5) is 17.1. The van der Waals surface area contributed by atoms with E-state index in [1.54, 1.807) is 21.8 Å². The van der Waals surface area contributed by atoms with Crippen LogP contribution in [-0.2, 0) is 6.54 Å². The minimum absolute atomic E-state index is 0.0927. The summed E-state index contributed by atoms with van der Waals surface area (Å²) in [5.41, 5.74) is 2.46. The van der Waals surface area contributed by atoms with Crippen molar-refractivity contribution in [3.8, 4) is 5.69 Å². The topological polar surface area (TPSA) is 52.7 Å². The Labute approximate surface area is 144 Å². The zero-order valence-corrected chi connectivity index (χ0v) is 13.5. The molecule has 5 heteroatoms. The van der Waals surface area contributed by atoms with Gasteiger partial charge in [0.2, 0.25) is 0 Å². The van der Waals surface area contributed by atoms with Crippen molar-refractivity contribution in [1.82, 2.24) is 19.3 Å². The molecule has 25 heavy (non-hydrogen) atoms. The standard InChI is InChI=1S/C20H16N4O/c25-20-18-14-22-24(17-11-5-2-6-12-17)19(18)21-15-23(20)13-7-10-16-8-3-1-4-9-16/h1-12,14-15H,13H2/b10-7+. The largest absolute Gasteiger partial charge is 0.295 e. The molecule has 0 fully saturated rings. The van der Waals surface area contributed by atoms with E-state index in [4.69, 9.17) is 0 Å². The predicted molar refractivity (Wildman–Crippen MR) is 98.6 cm³/mol. The molecule has 2 heterocycles. The number of rotatable bonds is 4. The Kier molecular flexibility index (Phi) is 3.96. The van der Waals surface area contributed by atoms with Gasteiger partial charge in [-0.05, 0) is 17.7 Å². The third-order valence-electron chi connectivity index (χ3n) is 3.97. The molecule has 2 aromatic heterocycles. The molecule has 0 saturated heterocycles. The lowest BCUT2D eigenvalue weighted by molar-refractivity contribution is 0.765. The van der Waals surface area contributed by atoms with Crippen LogP contribution in [0.3, 0.4) is 0 Å². The van der Waals surface area contributed by atoms with E-state index in [0.717, 1.165) is 11.3 Å². The van der Waals surface area contributed by atoms with E-state index in [9.17, 15) is 4.79 Å². The van der Waals surface area contributed by atoms with Crippen molar-refractivity contribution < 1.29 is 0 Å². The Morgan fingerprint density at radius 3 is 2.44 bits per heavy atom. The molecule has 2 aromatic carbocycles. The number of allylic oxidation sites excluding steroid dienone is 1. The van der Waals surface area contributed by atoms with Crippen molar-refractivity contribution in [2.24, 2.45) is 0 Å². The molecule has 0 N–H and O–H groups in total. The summed E-state index contributed by atoms with van der Waals surface area (Å²) in [7, 11) is 0. The SMILES string of the molecule is O=c1c2cnn(-c3ccccc3)c2ncn1C/C=C/c1ccccc1. The average Bonchev–Trinajstić information content (AvgIpc) is 3.10. The van der Waals surface area contributed by atoms with Crippen molar-refractivity contribution >= 4 is 17.1 Å². The lowest BCUT2D eigenvalue weighted by atomic mass is 10.2. The minimum Gasteiger partial charge on any atom is -0.295 e. The number of fused-ring (bicyclic) bond motifs is 1. The second kappa shape index (κ2) is 6.57. The lowest BCUT2D eigenvalue weighted by Crippen LogP contribution is -2.19. The number of nitrogens with zero attached hydrogens (tertiary/aromatic N) is 4. The fourth-order valence-corrected chi connectivity index (χ4v) is 2.70. The summed E-state index contributed by atoms with van der Waals surface area (Å²) in [6.45, 7) is 0.465. The third-order valence-corrected chi connectivity index (χ3v) is 3.97. The van der Waals surface area contributed by atoms with Gasteiger partial charge in [-0.2, -0.15) is 5.10 Å². The van der Waals surface area contributed by atoms with E-state index in [-0.39, 0.29) is 5.56 Å². The maximum absolute atomic E-state index is 12.7. The zero-order valence-electron chi connectivity index (χ0n) is 13.5. The Morgan fingerprint density at radius 1 is 0.960 bits per heavy atom. The molecule has 0 spiro atoms. The van der Waals surface area contributed by atoms with Crippen LogP contribution in [0.5, 0.6) is 0 Å². The molecule has 0 saturated carbocycles. The fraction of sp³-hybridized carbons (Fsp3) is 0.0500. The number of benzene rings is 2. The molecule has 0 bridgehead atoms. The fourth-order valence-electron chi connectivity index (χ4n) is 2.70. The molecule has 0 aliphatic heterocycles. The first-order valence-electron chi connectivity index (χ1n) is 8.03. The van der Waals surface area contributed by atoms with Crippen molar-refractivity contribution in [3.05, 3.63) is 95.2 Å². The highest BCUT2D eigenvalue weighted by Gasteiger charge is 2.10. The Morgan fingerprint density at radius 2 is 1.68 bits per heavy atom. The Bertz CT molecular complexity index is 1080. The van der Waals surface area contributed by atoms with Crippen LogP contribution in [-0.4, -0.2) is 19.3 Å². The van der Waals surface area contributed by atoms with Gasteiger partial charge in [0.15, 0.2) is 5.65 Å². The second-order valence-electron chi connectivity index (χ2n) is 5.64. The van der Waals surface area contributed by atoms with E-state index in [1.807, 2.05) is 72.8 Å². The monoisotopic (exact) mass is 328 g/mol. The van der Waals surface area contributed by atoms with E-state index < -0.39 is 0 Å². The van der Waals surface area contributed by atoms with Crippen molar-refractivity contribution in [3.63, 3.8) is 0 Å². The maximum Gasteiger partial charge on any atom is 0.264 e. The van der Waals surface area contributed by atoms with E-state index >= 15 is 0 Å². The van der Waals surface area contributed by atoms with Gasteiger partial charge in [-0.1, -0.05) is 60.7 Å². The molecular formula is C20H16N4O. The highest BCUT2D eigenvalue weighted by Crippen LogP contribution is 2.13. The van der Waals surface area contributed by atoms with Gasteiger partial charge in [-0.15, -0.1) is 0 Å². The molecule has 0 amide bonds. The summed E-state index contributed by atoms with van der Waals surface area (Å²) in [5.74, 6) is 0. The summed E-state index contributed by atoms with van der Waals surface area (Å²) in [6, 6.07) is 19.6. The van der Waals surface area contributed by atoms with Crippen LogP contribution in [0.15, 0.2) is 84.1 Å². The van der Waals surface area contributed by atoms with Crippen molar-refractivity contribution in [1.29, 1.82) is 0 Å². The predicted octanol–water partition coefficient (Wildman–Crippen LogP) is 3.30. The number of para-hydroxylation sites is 1. The van der Waals surface area contributed by atoms with Crippen LogP contribution < -0.4 is 5.56 Å². The van der Waals surface area contributed by atoms with Gasteiger partial charge in [0.05, 0.1) is 11.9 Å². The highest BCUT2D eigenvalue weighted by atomic mass is 16.1. The lowest BCUT2D eigenvalue weighted by Gasteiger charge is -2.04. The van der Waals surface area contributed by atoms with Crippen LogP contribution in [0.1, 0.15) is 5.56 Å². The highest BCUT2D eigenvalue weighted by molar-refractivity contribution is 5.74. The van der Waals surface area contributed by atoms with Gasteiger partial charge in [-0.3, -0.25) is 9.36 Å². The van der Waals surface area contributed by atoms with E-state index in [2.05, 4.69) is 10.1 Å². The molecule has 0 aliphatic rings. The van der Waals surface area contributed by atoms with Gasteiger partial charge >= 0.3 is 0 Å². The number of hydrogen-bond acceptors (Lipinski definition) is 3. The van der Waals surface area contributed by atoms with Crippen LogP contribution in [0.2, 0.25) is 0 Å². The van der Waals surface area contributed by atoms with Crippen LogP contribution in [0.25, 0.3) is 22.8 Å². The first-order valence-corrected chi connectivity index (χ1v) is 8.03. The molecule has 122 valence electrons. The molecule has 5 nitrogen and oxygen atoms in total. The molecule has 0 unspecified atom stereocenters. The first-order chi connectivity index (χ1) is 12.3. The van der Waals surface area contributed by atoms with Gasteiger partial charge < -0.3 is 0 Å². The number of aromatic nitrogens is 4. The van der Waals surface area contributed by atoms with E-state index in [0.29, 0.717) is 17.6 Å². The average molecular weight is 328 g/mol. The molecule has 0 aliphatic carbocycles. The quantitative estimate of drug-likeness (QED) is 0.577. The minimum atomic E-state index is -0.0927. The zero-order chi connectivity index (χ0) is 17.1. The first kappa shape index (κ1) is 15.1. The van der Waals surface area contributed by atoms with Crippen molar-refractivity contribution in [2.45, 2.75) is 6.54 Å². The Hall–Kier alpha value is -3.47. The van der Waals surface area contributed by atoms with Gasteiger partial charge in [0.25, 0.3) is 5.56 Å². The normalized spacial score (nSPS) is 11.4.